The van der Waals surface area contributed by atoms with Crippen molar-refractivity contribution in [1.82, 2.24) is 0 Å². The van der Waals surface area contributed by atoms with E-state index in [-0.39, 0.29) is 11.0 Å². The summed E-state index contributed by atoms with van der Waals surface area (Å²) in [4.78, 5) is 3.56. The number of rotatable bonds is 6. The minimum atomic E-state index is -0.182. The van der Waals surface area contributed by atoms with Gasteiger partial charge in [-0.2, -0.15) is 5.26 Å². The molecule has 2 heteroatoms. The van der Waals surface area contributed by atoms with E-state index in [9.17, 15) is 0 Å². The molecule has 0 fully saturated rings. The maximum Gasteiger partial charge on any atom is 0.227 e. The minimum Gasteiger partial charge on any atom is -0.311 e. The maximum absolute atomic E-state index is 8.17. The van der Waals surface area contributed by atoms with Crippen molar-refractivity contribution in [2.75, 3.05) is 0 Å². The van der Waals surface area contributed by atoms with Crippen molar-refractivity contribution in [2.45, 2.75) is 92.0 Å². The molecule has 0 aliphatic rings. The summed E-state index contributed by atoms with van der Waals surface area (Å²) in [5.74, 6) is 0. The molecule has 0 amide bonds. The molecule has 0 saturated heterocycles. The lowest BCUT2D eigenvalue weighted by molar-refractivity contribution is 0.314. The second kappa shape index (κ2) is 10.9. The lowest BCUT2D eigenvalue weighted by Crippen LogP contribution is -2.22. The first-order valence-electron chi connectivity index (χ1n) is 7.44. The first kappa shape index (κ1) is 20.3. The molecule has 0 heterocycles. The summed E-state index contributed by atoms with van der Waals surface area (Å²) in [6.07, 6.45) is 7.95. The molecule has 0 spiro atoms. The third kappa shape index (κ3) is 19.5. The lowest BCUT2D eigenvalue weighted by atomic mass is 9.82. The number of unbranched alkanes of at least 4 members (excludes halogenated alkanes) is 5. The minimum absolute atomic E-state index is 0.182. The molecule has 0 aromatic heterocycles. The van der Waals surface area contributed by atoms with Crippen molar-refractivity contribution in [1.29, 1.82) is 5.26 Å². The molecule has 0 unspecified atom stereocenters. The van der Waals surface area contributed by atoms with Crippen LogP contribution in [0.25, 0.3) is 4.85 Å². The third-order valence-electron chi connectivity index (χ3n) is 2.66. The molecular formula is C17H32N2. The molecule has 0 aromatic rings. The van der Waals surface area contributed by atoms with Crippen LogP contribution in [-0.4, -0.2) is 5.54 Å². The third-order valence-corrected chi connectivity index (χ3v) is 2.66. The molecule has 0 atom stereocenters. The Labute approximate surface area is 121 Å². The van der Waals surface area contributed by atoms with Crippen molar-refractivity contribution in [3.8, 4) is 6.07 Å². The van der Waals surface area contributed by atoms with Crippen LogP contribution in [0, 0.1) is 23.3 Å². The molecule has 0 aliphatic carbocycles. The van der Waals surface area contributed by atoms with E-state index in [0.29, 0.717) is 0 Å². The molecule has 0 N–H and O–H groups in total. The van der Waals surface area contributed by atoms with Gasteiger partial charge in [-0.1, -0.05) is 53.4 Å². The Kier molecular flexibility index (Phi) is 11.6. The quantitative estimate of drug-likeness (QED) is 0.427. The summed E-state index contributed by atoms with van der Waals surface area (Å²) in [6.45, 7) is 19.6. The van der Waals surface area contributed by atoms with Gasteiger partial charge in [0.05, 0.1) is 6.07 Å². The average Bonchev–Trinajstić information content (AvgIpc) is 2.27. The fourth-order valence-corrected chi connectivity index (χ4v) is 2.14. The van der Waals surface area contributed by atoms with Gasteiger partial charge < -0.3 is 4.85 Å². The highest BCUT2D eigenvalue weighted by atomic mass is 14.8. The molecule has 0 saturated carbocycles. The molecule has 0 aromatic carbocycles. The topological polar surface area (TPSA) is 28.1 Å². The van der Waals surface area contributed by atoms with E-state index in [1.807, 2.05) is 13.8 Å². The zero-order valence-electron chi connectivity index (χ0n) is 13.8. The van der Waals surface area contributed by atoms with Gasteiger partial charge in [-0.3, -0.25) is 0 Å². The van der Waals surface area contributed by atoms with Gasteiger partial charge in [-0.15, -0.1) is 0 Å². The van der Waals surface area contributed by atoms with Crippen molar-refractivity contribution in [3.05, 3.63) is 11.4 Å². The van der Waals surface area contributed by atoms with Gasteiger partial charge >= 0.3 is 0 Å². The van der Waals surface area contributed by atoms with Gasteiger partial charge in [0.15, 0.2) is 0 Å². The fourth-order valence-electron chi connectivity index (χ4n) is 2.14. The Balaban J connectivity index is 0. The molecule has 110 valence electrons. The maximum atomic E-state index is 8.17. The van der Waals surface area contributed by atoms with Crippen LogP contribution in [0.2, 0.25) is 0 Å². The summed E-state index contributed by atoms with van der Waals surface area (Å²) in [6, 6.07) is 2.14. The van der Waals surface area contributed by atoms with Gasteiger partial charge in [0, 0.05) is 26.7 Å². The summed E-state index contributed by atoms with van der Waals surface area (Å²) < 4.78 is 0. The van der Waals surface area contributed by atoms with E-state index in [1.54, 1.807) is 0 Å². The van der Waals surface area contributed by atoms with E-state index < -0.39 is 0 Å². The summed E-state index contributed by atoms with van der Waals surface area (Å²) in [7, 11) is 0. The van der Waals surface area contributed by atoms with Crippen molar-refractivity contribution >= 4 is 0 Å². The second-order valence-corrected chi connectivity index (χ2v) is 6.98. The lowest BCUT2D eigenvalue weighted by Gasteiger charge is -2.22. The summed E-state index contributed by atoms with van der Waals surface area (Å²) in [5, 5.41) is 8.17. The number of hydrogen-bond acceptors (Lipinski definition) is 1. The molecule has 0 bridgehead atoms. The number of hydrogen-bond donors (Lipinski definition) is 0. The summed E-state index contributed by atoms with van der Waals surface area (Å²) in [5.41, 5.74) is 0.0896. The van der Waals surface area contributed by atoms with Crippen LogP contribution in [0.1, 0.15) is 86.5 Å². The van der Waals surface area contributed by atoms with Crippen LogP contribution < -0.4 is 0 Å². The van der Waals surface area contributed by atoms with Crippen LogP contribution >= 0.6 is 0 Å². The predicted molar refractivity (Wildman–Crippen MR) is 83.7 cm³/mol. The Morgan fingerprint density at radius 3 is 1.84 bits per heavy atom. The Morgan fingerprint density at radius 1 is 1.00 bits per heavy atom. The standard InChI is InChI=1S/C9H17N.C8H15N/c1-8(2,3)7-9(4,5)10-6;1-2-3-4-5-6-7-8-9/h7H2,1-5H3;2-7H2,1H3. The van der Waals surface area contributed by atoms with E-state index in [2.05, 4.69) is 38.6 Å². The smallest absolute Gasteiger partial charge is 0.227 e. The van der Waals surface area contributed by atoms with Gasteiger partial charge in [0.2, 0.25) is 5.54 Å². The zero-order valence-corrected chi connectivity index (χ0v) is 13.8. The zero-order chi connectivity index (χ0) is 15.4. The Bertz CT molecular complexity index is 284. The normalized spacial score (nSPS) is 10.9. The first-order chi connectivity index (χ1) is 8.68. The molecule has 0 rings (SSSR count). The van der Waals surface area contributed by atoms with E-state index >= 15 is 0 Å². The number of nitriles is 1. The molecule has 2 nitrogen and oxygen atoms in total. The van der Waals surface area contributed by atoms with Gasteiger partial charge in [0.1, 0.15) is 0 Å². The van der Waals surface area contributed by atoms with E-state index in [0.717, 1.165) is 19.3 Å². The highest BCUT2D eigenvalue weighted by Gasteiger charge is 2.29. The number of nitrogens with zero attached hydrogens (tertiary/aromatic N) is 2. The van der Waals surface area contributed by atoms with Crippen LogP contribution in [-0.2, 0) is 0 Å². The Hall–Kier alpha value is -1.02. The molecular weight excluding hydrogens is 232 g/mol. The van der Waals surface area contributed by atoms with Gasteiger partial charge in [0.25, 0.3) is 0 Å². The average molecular weight is 264 g/mol. The van der Waals surface area contributed by atoms with Crippen molar-refractivity contribution in [2.24, 2.45) is 5.41 Å². The van der Waals surface area contributed by atoms with Crippen LogP contribution in [0.5, 0.6) is 0 Å². The predicted octanol–water partition coefficient (Wildman–Crippen LogP) is 5.99. The summed E-state index contributed by atoms with van der Waals surface area (Å²) >= 11 is 0. The first-order valence-corrected chi connectivity index (χ1v) is 7.44. The highest BCUT2D eigenvalue weighted by molar-refractivity contribution is 4.92. The van der Waals surface area contributed by atoms with Crippen LogP contribution in [0.4, 0.5) is 0 Å². The SMILES string of the molecule is CCCCCCCC#N.[C-]#[N+]C(C)(C)CC(C)(C)C. The van der Waals surface area contributed by atoms with Gasteiger partial charge in [-0.25, -0.2) is 6.57 Å². The van der Waals surface area contributed by atoms with Crippen molar-refractivity contribution < 1.29 is 0 Å². The second-order valence-electron chi connectivity index (χ2n) is 6.98. The largest absolute Gasteiger partial charge is 0.311 e. The van der Waals surface area contributed by atoms with Crippen LogP contribution in [0.15, 0.2) is 0 Å². The monoisotopic (exact) mass is 264 g/mol. The molecule has 19 heavy (non-hydrogen) atoms. The highest BCUT2D eigenvalue weighted by Crippen LogP contribution is 2.29. The van der Waals surface area contributed by atoms with Crippen molar-refractivity contribution in [3.63, 3.8) is 0 Å². The van der Waals surface area contributed by atoms with Gasteiger partial charge in [-0.05, 0) is 11.8 Å². The van der Waals surface area contributed by atoms with Crippen LogP contribution in [0.3, 0.4) is 0 Å². The fraction of sp³-hybridized carbons (Fsp3) is 0.882. The van der Waals surface area contributed by atoms with E-state index in [1.165, 1.54) is 25.7 Å². The van der Waals surface area contributed by atoms with E-state index in [4.69, 9.17) is 11.8 Å². The molecule has 0 radical (unpaired) electrons. The molecule has 0 aliphatic heterocycles. The Morgan fingerprint density at radius 2 is 1.53 bits per heavy atom.